The smallest absolute Gasteiger partial charge is 0.407 e. The van der Waals surface area contributed by atoms with Crippen molar-refractivity contribution in [1.29, 1.82) is 0 Å². The van der Waals surface area contributed by atoms with Gasteiger partial charge in [0, 0.05) is 55.5 Å². The van der Waals surface area contributed by atoms with Crippen LogP contribution in [0.1, 0.15) is 37.3 Å². The SMILES string of the molecule is O=C(O)N1CC2(C1)CN(c1nccc(Nc3cc(C4CCCC4)[nH]n3)n1)C2. The fourth-order valence-corrected chi connectivity index (χ4v) is 4.55. The molecule has 0 unspecified atom stereocenters. The van der Waals surface area contributed by atoms with E-state index in [9.17, 15) is 4.79 Å². The van der Waals surface area contributed by atoms with Gasteiger partial charge in [0.25, 0.3) is 0 Å². The average molecular weight is 369 g/mol. The Balaban J connectivity index is 1.21. The van der Waals surface area contributed by atoms with E-state index in [0.29, 0.717) is 30.8 Å². The van der Waals surface area contributed by atoms with E-state index < -0.39 is 6.09 Å². The van der Waals surface area contributed by atoms with E-state index >= 15 is 0 Å². The predicted octanol–water partition coefficient (Wildman–Crippen LogP) is 2.40. The van der Waals surface area contributed by atoms with Crippen LogP contribution < -0.4 is 10.2 Å². The highest BCUT2D eigenvalue weighted by atomic mass is 16.4. The number of hydrogen-bond donors (Lipinski definition) is 3. The molecule has 2 aromatic heterocycles. The van der Waals surface area contributed by atoms with E-state index in [2.05, 4.69) is 36.4 Å². The zero-order valence-corrected chi connectivity index (χ0v) is 15.1. The molecule has 27 heavy (non-hydrogen) atoms. The summed E-state index contributed by atoms with van der Waals surface area (Å²) in [5.41, 5.74) is 1.28. The number of nitrogens with one attached hydrogen (secondary N) is 2. The lowest BCUT2D eigenvalue weighted by Gasteiger charge is -2.59. The normalized spacial score (nSPS) is 21.2. The number of aromatic nitrogens is 4. The van der Waals surface area contributed by atoms with Gasteiger partial charge in [0.1, 0.15) is 5.82 Å². The molecule has 2 saturated heterocycles. The van der Waals surface area contributed by atoms with Crippen molar-refractivity contribution >= 4 is 23.7 Å². The molecule has 0 aromatic carbocycles. The molecule has 1 amide bonds. The fourth-order valence-electron chi connectivity index (χ4n) is 4.55. The third-order valence-corrected chi connectivity index (χ3v) is 5.95. The first-order chi connectivity index (χ1) is 13.1. The second kappa shape index (κ2) is 6.11. The van der Waals surface area contributed by atoms with Gasteiger partial charge in [-0.05, 0) is 18.9 Å². The van der Waals surface area contributed by atoms with Crippen LogP contribution in [0.3, 0.4) is 0 Å². The van der Waals surface area contributed by atoms with Crippen LogP contribution in [0.5, 0.6) is 0 Å². The number of amides is 1. The summed E-state index contributed by atoms with van der Waals surface area (Å²) in [5, 5.41) is 19.8. The molecule has 5 rings (SSSR count). The molecule has 0 bridgehead atoms. The first-order valence-corrected chi connectivity index (χ1v) is 9.48. The molecular weight excluding hydrogens is 346 g/mol. The number of carbonyl (C=O) groups is 1. The van der Waals surface area contributed by atoms with Gasteiger partial charge in [0.2, 0.25) is 5.95 Å². The Morgan fingerprint density at radius 2 is 2.00 bits per heavy atom. The summed E-state index contributed by atoms with van der Waals surface area (Å²) in [6.45, 7) is 2.81. The molecule has 3 aliphatic rings. The first kappa shape index (κ1) is 16.3. The van der Waals surface area contributed by atoms with Crippen molar-refractivity contribution in [2.24, 2.45) is 5.41 Å². The maximum absolute atomic E-state index is 10.9. The molecule has 4 heterocycles. The van der Waals surface area contributed by atoms with E-state index in [0.717, 1.165) is 18.9 Å². The average Bonchev–Trinajstić information content (AvgIpc) is 3.23. The summed E-state index contributed by atoms with van der Waals surface area (Å²) >= 11 is 0. The third-order valence-electron chi connectivity index (χ3n) is 5.95. The summed E-state index contributed by atoms with van der Waals surface area (Å²) < 4.78 is 0. The van der Waals surface area contributed by atoms with E-state index in [1.165, 1.54) is 36.3 Å². The summed E-state index contributed by atoms with van der Waals surface area (Å²) in [6, 6.07) is 3.91. The summed E-state index contributed by atoms with van der Waals surface area (Å²) in [4.78, 5) is 23.4. The maximum Gasteiger partial charge on any atom is 0.407 e. The van der Waals surface area contributed by atoms with Crippen molar-refractivity contribution < 1.29 is 9.90 Å². The Labute approximate surface area is 156 Å². The molecule has 2 aromatic rings. The molecule has 142 valence electrons. The fraction of sp³-hybridized carbons (Fsp3) is 0.556. The Kier molecular flexibility index (Phi) is 3.70. The van der Waals surface area contributed by atoms with Crippen molar-refractivity contribution in [1.82, 2.24) is 25.1 Å². The van der Waals surface area contributed by atoms with Gasteiger partial charge in [-0.25, -0.2) is 9.78 Å². The lowest BCUT2D eigenvalue weighted by Crippen LogP contribution is -2.73. The molecule has 0 radical (unpaired) electrons. The molecule has 0 atom stereocenters. The number of nitrogens with zero attached hydrogens (tertiary/aromatic N) is 5. The predicted molar refractivity (Wildman–Crippen MR) is 99.4 cm³/mol. The van der Waals surface area contributed by atoms with Gasteiger partial charge in [0.05, 0.1) is 0 Å². The standard InChI is InChI=1S/C18H23N7O2/c26-17(27)25-10-18(11-25)8-24(9-18)16-19-6-5-14(21-16)20-15-7-13(22-23-15)12-3-1-2-4-12/h5-7,12H,1-4,8-11H2,(H,26,27)(H2,19,20,21,22,23). The van der Waals surface area contributed by atoms with Crippen LogP contribution in [0.25, 0.3) is 0 Å². The Morgan fingerprint density at radius 3 is 2.74 bits per heavy atom. The number of likely N-dealkylation sites (tertiary alicyclic amines) is 1. The Bertz CT molecular complexity index is 847. The van der Waals surface area contributed by atoms with E-state index in [1.807, 2.05) is 6.07 Å². The highest BCUT2D eigenvalue weighted by Crippen LogP contribution is 2.41. The second-order valence-electron chi connectivity index (χ2n) is 8.05. The van der Waals surface area contributed by atoms with Gasteiger partial charge in [-0.15, -0.1) is 0 Å². The van der Waals surface area contributed by atoms with E-state index in [1.54, 1.807) is 6.20 Å². The second-order valence-corrected chi connectivity index (χ2v) is 8.05. The van der Waals surface area contributed by atoms with Crippen LogP contribution in [-0.4, -0.2) is 62.4 Å². The van der Waals surface area contributed by atoms with Crippen LogP contribution in [0.15, 0.2) is 18.3 Å². The van der Waals surface area contributed by atoms with Crippen molar-refractivity contribution in [3.8, 4) is 0 Å². The zero-order chi connectivity index (χ0) is 18.4. The van der Waals surface area contributed by atoms with Gasteiger partial charge in [-0.1, -0.05) is 12.8 Å². The Hall–Kier alpha value is -2.84. The van der Waals surface area contributed by atoms with Gasteiger partial charge < -0.3 is 20.2 Å². The topological polar surface area (TPSA) is 110 Å². The summed E-state index contributed by atoms with van der Waals surface area (Å²) in [7, 11) is 0. The molecular formula is C18H23N7O2. The summed E-state index contributed by atoms with van der Waals surface area (Å²) in [5.74, 6) is 2.76. The molecule has 9 heteroatoms. The lowest BCUT2D eigenvalue weighted by molar-refractivity contribution is -0.0101. The number of carboxylic acid groups (broad SMARTS) is 1. The first-order valence-electron chi connectivity index (χ1n) is 9.48. The number of anilines is 3. The molecule has 3 N–H and O–H groups in total. The van der Waals surface area contributed by atoms with Gasteiger partial charge in [-0.3, -0.25) is 5.10 Å². The molecule has 1 aliphatic carbocycles. The quantitative estimate of drug-likeness (QED) is 0.759. The highest BCUT2D eigenvalue weighted by molar-refractivity contribution is 5.67. The van der Waals surface area contributed by atoms with Crippen LogP contribution >= 0.6 is 0 Å². The molecule has 9 nitrogen and oxygen atoms in total. The minimum atomic E-state index is -0.836. The molecule has 1 saturated carbocycles. The van der Waals surface area contributed by atoms with Crippen molar-refractivity contribution in [2.75, 3.05) is 36.4 Å². The van der Waals surface area contributed by atoms with Crippen LogP contribution in [0, 0.1) is 5.41 Å². The third kappa shape index (κ3) is 2.96. The molecule has 2 aliphatic heterocycles. The maximum atomic E-state index is 10.9. The highest BCUT2D eigenvalue weighted by Gasteiger charge is 2.54. The van der Waals surface area contributed by atoms with Crippen molar-refractivity contribution in [2.45, 2.75) is 31.6 Å². The van der Waals surface area contributed by atoms with Gasteiger partial charge in [-0.2, -0.15) is 10.1 Å². The minimum Gasteiger partial charge on any atom is -0.465 e. The van der Waals surface area contributed by atoms with Crippen LogP contribution in [0.4, 0.5) is 22.4 Å². The van der Waals surface area contributed by atoms with E-state index in [4.69, 9.17) is 5.11 Å². The van der Waals surface area contributed by atoms with Crippen molar-refractivity contribution in [3.05, 3.63) is 24.0 Å². The van der Waals surface area contributed by atoms with Crippen LogP contribution in [-0.2, 0) is 0 Å². The van der Waals surface area contributed by atoms with Crippen molar-refractivity contribution in [3.63, 3.8) is 0 Å². The monoisotopic (exact) mass is 369 g/mol. The van der Waals surface area contributed by atoms with E-state index in [-0.39, 0.29) is 5.41 Å². The van der Waals surface area contributed by atoms with Gasteiger partial charge in [0.15, 0.2) is 5.82 Å². The Morgan fingerprint density at radius 1 is 1.22 bits per heavy atom. The molecule has 3 fully saturated rings. The number of rotatable bonds is 4. The zero-order valence-electron chi connectivity index (χ0n) is 15.1. The number of hydrogen-bond acceptors (Lipinski definition) is 6. The largest absolute Gasteiger partial charge is 0.465 e. The number of aromatic amines is 1. The minimum absolute atomic E-state index is 0.0869. The lowest BCUT2D eigenvalue weighted by atomic mass is 9.73. The molecule has 1 spiro atoms. The number of H-pyrrole nitrogens is 1. The van der Waals surface area contributed by atoms with Crippen LogP contribution in [0.2, 0.25) is 0 Å². The summed E-state index contributed by atoms with van der Waals surface area (Å²) in [6.07, 6.45) is 5.96. The van der Waals surface area contributed by atoms with Gasteiger partial charge >= 0.3 is 6.09 Å².